The average Bonchev–Trinajstić information content (AvgIpc) is 3.00. The molecule has 0 N–H and O–H groups in total. The lowest BCUT2D eigenvalue weighted by Gasteiger charge is -2.09. The van der Waals surface area contributed by atoms with Gasteiger partial charge in [-0.1, -0.05) is 52.0 Å². The summed E-state index contributed by atoms with van der Waals surface area (Å²) in [5, 5.41) is 0.503. The van der Waals surface area contributed by atoms with Crippen LogP contribution in [0.3, 0.4) is 0 Å². The second-order valence-corrected chi connectivity index (χ2v) is 8.80. The SMILES string of the molecule is Cc1c(C(=O)OCC(C)C)sc2ncn(Cc3ccc(C(C)C)cc3)c(=O)c12. The minimum atomic E-state index is -0.385. The van der Waals surface area contributed by atoms with Crippen LogP contribution in [0.5, 0.6) is 0 Å². The largest absolute Gasteiger partial charge is 0.461 e. The van der Waals surface area contributed by atoms with E-state index in [4.69, 9.17) is 4.74 Å². The van der Waals surface area contributed by atoms with Crippen LogP contribution in [-0.2, 0) is 11.3 Å². The average molecular weight is 399 g/mol. The summed E-state index contributed by atoms with van der Waals surface area (Å²) < 4.78 is 6.92. The number of hydrogen-bond acceptors (Lipinski definition) is 5. The normalized spacial score (nSPS) is 11.5. The second kappa shape index (κ2) is 8.27. The predicted molar refractivity (Wildman–Crippen MR) is 113 cm³/mol. The maximum absolute atomic E-state index is 13.0. The highest BCUT2D eigenvalue weighted by Gasteiger charge is 2.21. The lowest BCUT2D eigenvalue weighted by molar-refractivity contribution is 0.0464. The van der Waals surface area contributed by atoms with Crippen LogP contribution in [0.25, 0.3) is 10.2 Å². The summed E-state index contributed by atoms with van der Waals surface area (Å²) in [6.07, 6.45) is 1.56. The van der Waals surface area contributed by atoms with Gasteiger partial charge in [0.05, 0.1) is 24.9 Å². The molecule has 0 aliphatic heterocycles. The highest BCUT2D eigenvalue weighted by molar-refractivity contribution is 7.20. The van der Waals surface area contributed by atoms with Crippen molar-refractivity contribution in [1.29, 1.82) is 0 Å². The predicted octanol–water partition coefficient (Wildman–Crippen LogP) is 4.75. The third-order valence-electron chi connectivity index (χ3n) is 4.65. The van der Waals surface area contributed by atoms with E-state index in [-0.39, 0.29) is 17.4 Å². The highest BCUT2D eigenvalue weighted by Crippen LogP contribution is 2.27. The Labute approximate surface area is 169 Å². The van der Waals surface area contributed by atoms with E-state index < -0.39 is 0 Å². The second-order valence-electron chi connectivity index (χ2n) is 7.80. The molecule has 0 spiro atoms. The van der Waals surface area contributed by atoms with Crippen molar-refractivity contribution in [2.75, 3.05) is 6.61 Å². The van der Waals surface area contributed by atoms with Crippen molar-refractivity contribution < 1.29 is 9.53 Å². The van der Waals surface area contributed by atoms with E-state index in [0.29, 0.717) is 39.7 Å². The van der Waals surface area contributed by atoms with Crippen LogP contribution in [0.1, 0.15) is 60.0 Å². The fourth-order valence-corrected chi connectivity index (χ4v) is 4.01. The fourth-order valence-electron chi connectivity index (χ4n) is 2.98. The van der Waals surface area contributed by atoms with E-state index in [9.17, 15) is 9.59 Å². The zero-order valence-corrected chi connectivity index (χ0v) is 17.8. The highest BCUT2D eigenvalue weighted by atomic mass is 32.1. The van der Waals surface area contributed by atoms with Crippen molar-refractivity contribution in [3.05, 3.63) is 62.5 Å². The van der Waals surface area contributed by atoms with Crippen LogP contribution in [0.15, 0.2) is 35.4 Å². The van der Waals surface area contributed by atoms with E-state index in [1.165, 1.54) is 16.9 Å². The van der Waals surface area contributed by atoms with Gasteiger partial charge in [-0.15, -0.1) is 11.3 Å². The Balaban J connectivity index is 1.91. The number of thiophene rings is 1. The molecule has 0 fully saturated rings. The number of esters is 1. The van der Waals surface area contributed by atoms with Crippen LogP contribution < -0.4 is 5.56 Å². The number of aryl methyl sites for hydroxylation is 1. The lowest BCUT2D eigenvalue weighted by Crippen LogP contribution is -2.21. The molecule has 28 heavy (non-hydrogen) atoms. The standard InChI is InChI=1S/C22H26N2O3S/c1-13(2)11-27-22(26)19-15(5)18-20(28-19)23-12-24(21(18)25)10-16-6-8-17(9-7-16)14(3)4/h6-9,12-14H,10-11H2,1-5H3. The third kappa shape index (κ3) is 4.17. The van der Waals surface area contributed by atoms with E-state index >= 15 is 0 Å². The Morgan fingerprint density at radius 2 is 1.86 bits per heavy atom. The molecular weight excluding hydrogens is 372 g/mol. The van der Waals surface area contributed by atoms with Crippen molar-refractivity contribution >= 4 is 27.5 Å². The number of hydrogen-bond donors (Lipinski definition) is 0. The molecule has 1 aromatic carbocycles. The molecule has 0 bridgehead atoms. The first-order valence-electron chi connectivity index (χ1n) is 9.52. The first kappa shape index (κ1) is 20.3. The van der Waals surface area contributed by atoms with Crippen LogP contribution in [-0.4, -0.2) is 22.1 Å². The van der Waals surface area contributed by atoms with Crippen LogP contribution in [0.2, 0.25) is 0 Å². The van der Waals surface area contributed by atoms with E-state index in [1.807, 2.05) is 26.0 Å². The summed E-state index contributed by atoms with van der Waals surface area (Å²) >= 11 is 1.22. The number of ether oxygens (including phenoxy) is 1. The van der Waals surface area contributed by atoms with Gasteiger partial charge in [0.2, 0.25) is 0 Å². The quantitative estimate of drug-likeness (QED) is 0.562. The summed E-state index contributed by atoms with van der Waals surface area (Å²) in [6.45, 7) is 10.9. The summed E-state index contributed by atoms with van der Waals surface area (Å²) in [7, 11) is 0. The van der Waals surface area contributed by atoms with Crippen LogP contribution in [0, 0.1) is 12.8 Å². The van der Waals surface area contributed by atoms with Gasteiger partial charge in [0, 0.05) is 0 Å². The number of carbonyl (C=O) groups excluding carboxylic acids is 1. The van der Waals surface area contributed by atoms with Gasteiger partial charge in [-0.05, 0) is 35.4 Å². The Hall–Kier alpha value is -2.47. The maximum Gasteiger partial charge on any atom is 0.348 e. The van der Waals surface area contributed by atoms with Gasteiger partial charge in [0.25, 0.3) is 5.56 Å². The Kier molecular flexibility index (Phi) is 5.98. The Bertz CT molecular complexity index is 1050. The molecule has 2 heterocycles. The van der Waals surface area contributed by atoms with Crippen LogP contribution >= 0.6 is 11.3 Å². The third-order valence-corrected chi connectivity index (χ3v) is 5.83. The smallest absolute Gasteiger partial charge is 0.348 e. The van der Waals surface area contributed by atoms with Gasteiger partial charge in [0.15, 0.2) is 0 Å². The van der Waals surface area contributed by atoms with Gasteiger partial charge < -0.3 is 4.74 Å². The van der Waals surface area contributed by atoms with Crippen molar-refractivity contribution in [3.8, 4) is 0 Å². The molecule has 0 amide bonds. The summed E-state index contributed by atoms with van der Waals surface area (Å²) in [5.74, 6) is 0.345. The minimum absolute atomic E-state index is 0.130. The fraction of sp³-hybridized carbons (Fsp3) is 0.409. The summed E-state index contributed by atoms with van der Waals surface area (Å²) in [6, 6.07) is 8.27. The van der Waals surface area contributed by atoms with E-state index in [0.717, 1.165) is 5.56 Å². The van der Waals surface area contributed by atoms with Crippen molar-refractivity contribution in [2.24, 2.45) is 5.92 Å². The monoisotopic (exact) mass is 398 g/mol. The molecule has 0 aliphatic rings. The molecule has 2 aromatic heterocycles. The van der Waals surface area contributed by atoms with Gasteiger partial charge in [-0.25, -0.2) is 9.78 Å². The van der Waals surface area contributed by atoms with E-state index in [1.54, 1.807) is 17.8 Å². The number of benzene rings is 1. The molecule has 0 atom stereocenters. The molecule has 6 heteroatoms. The van der Waals surface area contributed by atoms with Gasteiger partial charge in [-0.3, -0.25) is 9.36 Å². The zero-order valence-electron chi connectivity index (χ0n) is 17.0. The molecule has 0 aliphatic carbocycles. The number of carbonyl (C=O) groups is 1. The molecule has 148 valence electrons. The Morgan fingerprint density at radius 3 is 2.46 bits per heavy atom. The molecule has 0 saturated carbocycles. The van der Waals surface area contributed by atoms with Gasteiger partial charge in [0.1, 0.15) is 9.71 Å². The first-order chi connectivity index (χ1) is 13.3. The van der Waals surface area contributed by atoms with Gasteiger partial charge in [-0.2, -0.15) is 0 Å². The molecule has 0 saturated heterocycles. The first-order valence-corrected chi connectivity index (χ1v) is 10.3. The number of aromatic nitrogens is 2. The number of rotatable bonds is 6. The lowest BCUT2D eigenvalue weighted by atomic mass is 10.0. The zero-order chi connectivity index (χ0) is 20.4. The topological polar surface area (TPSA) is 61.2 Å². The van der Waals surface area contributed by atoms with Crippen LogP contribution in [0.4, 0.5) is 0 Å². The van der Waals surface area contributed by atoms with Crippen molar-refractivity contribution in [1.82, 2.24) is 9.55 Å². The molecule has 3 aromatic rings. The van der Waals surface area contributed by atoms with E-state index in [2.05, 4.69) is 31.0 Å². The van der Waals surface area contributed by atoms with Crippen molar-refractivity contribution in [2.45, 2.75) is 47.1 Å². The molecule has 0 unspecified atom stereocenters. The van der Waals surface area contributed by atoms with Crippen molar-refractivity contribution in [3.63, 3.8) is 0 Å². The number of nitrogens with zero attached hydrogens (tertiary/aromatic N) is 2. The summed E-state index contributed by atoms with van der Waals surface area (Å²) in [4.78, 5) is 30.8. The number of fused-ring (bicyclic) bond motifs is 1. The maximum atomic E-state index is 13.0. The molecule has 0 radical (unpaired) electrons. The molecule has 3 rings (SSSR count). The summed E-state index contributed by atoms with van der Waals surface area (Å²) in [5.41, 5.74) is 2.82. The minimum Gasteiger partial charge on any atom is -0.461 e. The molecule has 5 nitrogen and oxygen atoms in total. The van der Waals surface area contributed by atoms with Gasteiger partial charge >= 0.3 is 5.97 Å². The Morgan fingerprint density at radius 1 is 1.18 bits per heavy atom. The molecular formula is C22H26N2O3S.